The van der Waals surface area contributed by atoms with E-state index in [1.54, 1.807) is 0 Å². The van der Waals surface area contributed by atoms with Gasteiger partial charge in [-0.3, -0.25) is 0 Å². The Bertz CT molecular complexity index is 650. The molecule has 0 heterocycles. The predicted octanol–water partition coefficient (Wildman–Crippen LogP) is 5.45. The topological polar surface area (TPSA) is 12.0 Å². The van der Waals surface area contributed by atoms with Crippen LogP contribution in [-0.2, 0) is 5.54 Å². The molecule has 3 aromatic carbocycles. The van der Waals surface area contributed by atoms with Crippen molar-refractivity contribution in [1.29, 1.82) is 0 Å². The molecule has 0 aliphatic heterocycles. The van der Waals surface area contributed by atoms with Crippen LogP contribution in [0.1, 0.15) is 24.5 Å². The van der Waals surface area contributed by atoms with Crippen LogP contribution in [0.25, 0.3) is 0 Å². The first kappa shape index (κ1) is 14.4. The molecule has 0 bridgehead atoms. The van der Waals surface area contributed by atoms with Crippen LogP contribution < -0.4 is 5.32 Å². The molecule has 0 aromatic heterocycles. The van der Waals surface area contributed by atoms with Gasteiger partial charge in [-0.1, -0.05) is 85.8 Å². The van der Waals surface area contributed by atoms with E-state index in [1.165, 1.54) is 11.1 Å². The minimum atomic E-state index is -0.218. The Morgan fingerprint density at radius 1 is 0.636 bits per heavy atom. The Hall–Kier alpha value is -2.54. The molecule has 0 spiro atoms. The van der Waals surface area contributed by atoms with E-state index < -0.39 is 0 Å². The fraction of sp³-hybridized carbons (Fsp3) is 0.143. The van der Waals surface area contributed by atoms with Gasteiger partial charge in [0.05, 0.1) is 5.54 Å². The van der Waals surface area contributed by atoms with Crippen molar-refractivity contribution in [1.82, 2.24) is 0 Å². The number of nitrogens with one attached hydrogen (secondary N) is 1. The van der Waals surface area contributed by atoms with Gasteiger partial charge in [0, 0.05) is 5.69 Å². The quantitative estimate of drug-likeness (QED) is 0.657. The molecule has 22 heavy (non-hydrogen) atoms. The summed E-state index contributed by atoms with van der Waals surface area (Å²) in [5.41, 5.74) is 3.49. The van der Waals surface area contributed by atoms with Gasteiger partial charge in [0.2, 0.25) is 0 Å². The number of para-hydroxylation sites is 1. The van der Waals surface area contributed by atoms with E-state index in [1.807, 2.05) is 6.07 Å². The van der Waals surface area contributed by atoms with Crippen molar-refractivity contribution in [3.63, 3.8) is 0 Å². The molecule has 0 atom stereocenters. The number of rotatable bonds is 5. The van der Waals surface area contributed by atoms with E-state index in [4.69, 9.17) is 0 Å². The molecule has 0 aliphatic carbocycles. The van der Waals surface area contributed by atoms with Gasteiger partial charge in [-0.05, 0) is 29.7 Å². The number of hydrogen-bond donors (Lipinski definition) is 1. The molecule has 3 aromatic rings. The average Bonchev–Trinajstić information content (AvgIpc) is 2.62. The molecule has 0 radical (unpaired) electrons. The number of benzene rings is 3. The maximum Gasteiger partial charge on any atom is 0.0876 e. The zero-order valence-electron chi connectivity index (χ0n) is 12.9. The van der Waals surface area contributed by atoms with Crippen molar-refractivity contribution in [3.8, 4) is 0 Å². The van der Waals surface area contributed by atoms with Crippen LogP contribution in [0.5, 0.6) is 0 Å². The Labute approximate surface area is 132 Å². The van der Waals surface area contributed by atoms with Crippen molar-refractivity contribution in [3.05, 3.63) is 102 Å². The summed E-state index contributed by atoms with van der Waals surface area (Å²) in [6.45, 7) is 2.23. The van der Waals surface area contributed by atoms with Gasteiger partial charge in [-0.2, -0.15) is 0 Å². The fourth-order valence-corrected chi connectivity index (χ4v) is 3.02. The molecular weight excluding hydrogens is 266 g/mol. The van der Waals surface area contributed by atoms with Crippen molar-refractivity contribution < 1.29 is 0 Å². The van der Waals surface area contributed by atoms with E-state index >= 15 is 0 Å². The lowest BCUT2D eigenvalue weighted by Gasteiger charge is -2.36. The van der Waals surface area contributed by atoms with Gasteiger partial charge < -0.3 is 5.32 Å². The third kappa shape index (κ3) is 2.75. The second kappa shape index (κ2) is 6.48. The molecule has 0 saturated carbocycles. The van der Waals surface area contributed by atoms with Gasteiger partial charge in [0.1, 0.15) is 0 Å². The first-order valence-corrected chi connectivity index (χ1v) is 7.79. The van der Waals surface area contributed by atoms with Crippen molar-refractivity contribution >= 4 is 5.69 Å². The lowest BCUT2D eigenvalue weighted by atomic mass is 9.80. The second-order valence-electron chi connectivity index (χ2n) is 5.48. The Kier molecular flexibility index (Phi) is 4.24. The highest BCUT2D eigenvalue weighted by Crippen LogP contribution is 2.36. The predicted molar refractivity (Wildman–Crippen MR) is 94.0 cm³/mol. The van der Waals surface area contributed by atoms with E-state index in [-0.39, 0.29) is 5.54 Å². The smallest absolute Gasteiger partial charge is 0.0876 e. The van der Waals surface area contributed by atoms with Gasteiger partial charge in [0.15, 0.2) is 0 Å². The fourth-order valence-electron chi connectivity index (χ4n) is 3.02. The lowest BCUT2D eigenvalue weighted by Crippen LogP contribution is -2.36. The van der Waals surface area contributed by atoms with E-state index in [0.717, 1.165) is 12.1 Å². The van der Waals surface area contributed by atoms with Gasteiger partial charge >= 0.3 is 0 Å². The highest BCUT2D eigenvalue weighted by Gasteiger charge is 2.32. The van der Waals surface area contributed by atoms with Gasteiger partial charge in [-0.15, -0.1) is 0 Å². The van der Waals surface area contributed by atoms with Crippen LogP contribution in [0.4, 0.5) is 5.69 Å². The molecule has 110 valence electrons. The van der Waals surface area contributed by atoms with E-state index in [0.29, 0.717) is 0 Å². The minimum Gasteiger partial charge on any atom is -0.372 e. The van der Waals surface area contributed by atoms with Crippen LogP contribution in [0.3, 0.4) is 0 Å². The average molecular weight is 287 g/mol. The maximum atomic E-state index is 3.77. The van der Waals surface area contributed by atoms with Crippen LogP contribution in [0, 0.1) is 0 Å². The summed E-state index contributed by atoms with van der Waals surface area (Å²) in [7, 11) is 0. The minimum absolute atomic E-state index is 0.218. The Morgan fingerprint density at radius 2 is 1.05 bits per heavy atom. The van der Waals surface area contributed by atoms with Crippen molar-refractivity contribution in [2.45, 2.75) is 18.9 Å². The third-order valence-electron chi connectivity index (χ3n) is 4.20. The standard InChI is InChI=1S/C21H21N/c1-2-21(18-12-6-3-7-13-18,19-14-8-4-9-15-19)22-20-16-10-5-11-17-20/h3-17,22H,2H2,1H3. The first-order valence-electron chi connectivity index (χ1n) is 7.79. The van der Waals surface area contributed by atoms with Crippen molar-refractivity contribution in [2.24, 2.45) is 0 Å². The highest BCUT2D eigenvalue weighted by atomic mass is 15.0. The maximum absolute atomic E-state index is 3.77. The SMILES string of the molecule is CCC(Nc1ccccc1)(c1ccccc1)c1ccccc1. The highest BCUT2D eigenvalue weighted by molar-refractivity contribution is 5.53. The molecular formula is C21H21N. The molecule has 1 heteroatoms. The largest absolute Gasteiger partial charge is 0.372 e. The van der Waals surface area contributed by atoms with Crippen molar-refractivity contribution in [2.75, 3.05) is 5.32 Å². The summed E-state index contributed by atoms with van der Waals surface area (Å²) in [5.74, 6) is 0. The Balaban J connectivity index is 2.13. The van der Waals surface area contributed by atoms with E-state index in [9.17, 15) is 0 Å². The molecule has 0 aliphatic rings. The lowest BCUT2D eigenvalue weighted by molar-refractivity contribution is 0.567. The molecule has 0 fully saturated rings. The summed E-state index contributed by atoms with van der Waals surface area (Å²) < 4.78 is 0. The third-order valence-corrected chi connectivity index (χ3v) is 4.20. The molecule has 0 amide bonds. The zero-order chi connectivity index (χ0) is 15.3. The van der Waals surface area contributed by atoms with Gasteiger partial charge in [-0.25, -0.2) is 0 Å². The monoisotopic (exact) mass is 287 g/mol. The van der Waals surface area contributed by atoms with Crippen LogP contribution in [0.15, 0.2) is 91.0 Å². The van der Waals surface area contributed by atoms with E-state index in [2.05, 4.69) is 97.2 Å². The second-order valence-corrected chi connectivity index (χ2v) is 5.48. The van der Waals surface area contributed by atoms with Crippen LogP contribution in [-0.4, -0.2) is 0 Å². The molecule has 1 nitrogen and oxygen atoms in total. The number of anilines is 1. The summed E-state index contributed by atoms with van der Waals surface area (Å²) in [4.78, 5) is 0. The summed E-state index contributed by atoms with van der Waals surface area (Å²) in [6.07, 6.45) is 0.968. The first-order chi connectivity index (χ1) is 10.8. The molecule has 0 unspecified atom stereocenters. The summed E-state index contributed by atoms with van der Waals surface area (Å²) >= 11 is 0. The summed E-state index contributed by atoms with van der Waals surface area (Å²) in [6, 6.07) is 31.8. The summed E-state index contributed by atoms with van der Waals surface area (Å²) in [5, 5.41) is 3.77. The number of hydrogen-bond acceptors (Lipinski definition) is 1. The molecule has 0 saturated heterocycles. The van der Waals surface area contributed by atoms with Crippen LogP contribution >= 0.6 is 0 Å². The normalized spacial score (nSPS) is 11.1. The molecule has 1 N–H and O–H groups in total. The van der Waals surface area contributed by atoms with Gasteiger partial charge in [0.25, 0.3) is 0 Å². The zero-order valence-corrected chi connectivity index (χ0v) is 12.9. The molecule has 3 rings (SSSR count). The van der Waals surface area contributed by atoms with Crippen LogP contribution in [0.2, 0.25) is 0 Å². The Morgan fingerprint density at radius 3 is 1.45 bits per heavy atom.